The molecule has 1 saturated heterocycles. The van der Waals surface area contributed by atoms with Crippen LogP contribution < -0.4 is 5.32 Å². The van der Waals surface area contributed by atoms with E-state index in [9.17, 15) is 0 Å². The lowest BCUT2D eigenvalue weighted by molar-refractivity contribution is 0.580. The Morgan fingerprint density at radius 1 is 1.57 bits per heavy atom. The summed E-state index contributed by atoms with van der Waals surface area (Å²) in [7, 11) is 0. The van der Waals surface area contributed by atoms with Crippen molar-refractivity contribution >= 4 is 23.1 Å². The van der Waals surface area contributed by atoms with Crippen molar-refractivity contribution in [3.05, 3.63) is 16.1 Å². The van der Waals surface area contributed by atoms with Gasteiger partial charge >= 0.3 is 0 Å². The Labute approximate surface area is 93.5 Å². The molecule has 0 unspecified atom stereocenters. The van der Waals surface area contributed by atoms with Gasteiger partial charge in [-0.25, -0.2) is 4.98 Å². The molecular weight excluding hydrogens is 212 g/mol. The second kappa shape index (κ2) is 4.64. The van der Waals surface area contributed by atoms with Crippen LogP contribution in [0.15, 0.2) is 5.38 Å². The molecule has 0 bridgehead atoms. The van der Waals surface area contributed by atoms with E-state index in [1.54, 1.807) is 11.3 Å². The van der Waals surface area contributed by atoms with Crippen molar-refractivity contribution in [1.82, 2.24) is 10.3 Å². The van der Waals surface area contributed by atoms with E-state index in [0.29, 0.717) is 5.92 Å². The van der Waals surface area contributed by atoms with Crippen molar-refractivity contribution in [2.75, 3.05) is 11.5 Å². The van der Waals surface area contributed by atoms with Crippen molar-refractivity contribution in [2.24, 2.45) is 0 Å². The molecule has 1 aromatic rings. The van der Waals surface area contributed by atoms with Crippen LogP contribution >= 0.6 is 23.1 Å². The van der Waals surface area contributed by atoms with Crippen LogP contribution in [0.3, 0.4) is 0 Å². The van der Waals surface area contributed by atoms with Gasteiger partial charge in [-0.3, -0.25) is 0 Å². The van der Waals surface area contributed by atoms with Gasteiger partial charge in [0, 0.05) is 29.5 Å². The molecular formula is C10H16N2S2. The van der Waals surface area contributed by atoms with E-state index in [-0.39, 0.29) is 0 Å². The summed E-state index contributed by atoms with van der Waals surface area (Å²) in [5.41, 5.74) is 1.23. The first-order valence-electron chi connectivity index (χ1n) is 5.01. The highest BCUT2D eigenvalue weighted by Gasteiger charge is 2.17. The lowest BCUT2D eigenvalue weighted by Crippen LogP contribution is -2.39. The average molecular weight is 228 g/mol. The average Bonchev–Trinajstić information content (AvgIpc) is 2.50. The molecule has 1 N–H and O–H groups in total. The number of hydrogen-bond donors (Lipinski definition) is 1. The Bertz CT molecular complexity index is 292. The first kappa shape index (κ1) is 10.5. The molecule has 1 aromatic heterocycles. The SMILES string of the molecule is CC(C)c1csc(CNC2CSC2)n1. The molecule has 0 atom stereocenters. The summed E-state index contributed by atoms with van der Waals surface area (Å²) in [6.45, 7) is 5.33. The molecule has 2 heterocycles. The van der Waals surface area contributed by atoms with Crippen LogP contribution in [0.5, 0.6) is 0 Å². The van der Waals surface area contributed by atoms with Crippen LogP contribution in [0, 0.1) is 0 Å². The third-order valence-electron chi connectivity index (χ3n) is 2.34. The van der Waals surface area contributed by atoms with Crippen LogP contribution in [0.4, 0.5) is 0 Å². The van der Waals surface area contributed by atoms with Crippen molar-refractivity contribution < 1.29 is 0 Å². The van der Waals surface area contributed by atoms with Gasteiger partial charge in [-0.2, -0.15) is 11.8 Å². The predicted molar refractivity (Wildman–Crippen MR) is 64.2 cm³/mol. The summed E-state index contributed by atoms with van der Waals surface area (Å²) in [5.74, 6) is 3.09. The van der Waals surface area contributed by atoms with Gasteiger partial charge in [-0.05, 0) is 5.92 Å². The Kier molecular flexibility index (Phi) is 3.47. The zero-order valence-electron chi connectivity index (χ0n) is 8.62. The molecule has 78 valence electrons. The second-order valence-electron chi connectivity index (χ2n) is 3.94. The van der Waals surface area contributed by atoms with Crippen molar-refractivity contribution in [3.8, 4) is 0 Å². The summed E-state index contributed by atoms with van der Waals surface area (Å²) in [6, 6.07) is 0.728. The molecule has 0 aromatic carbocycles. The number of nitrogens with one attached hydrogen (secondary N) is 1. The van der Waals surface area contributed by atoms with E-state index in [1.165, 1.54) is 22.2 Å². The minimum Gasteiger partial charge on any atom is -0.306 e. The molecule has 4 heteroatoms. The topological polar surface area (TPSA) is 24.9 Å². The number of aromatic nitrogens is 1. The maximum Gasteiger partial charge on any atom is 0.107 e. The molecule has 0 aliphatic carbocycles. The summed E-state index contributed by atoms with van der Waals surface area (Å²) in [5, 5.41) is 6.92. The Morgan fingerprint density at radius 3 is 2.86 bits per heavy atom. The highest BCUT2D eigenvalue weighted by molar-refractivity contribution is 8.00. The fourth-order valence-electron chi connectivity index (χ4n) is 1.26. The van der Waals surface area contributed by atoms with Gasteiger partial charge in [0.2, 0.25) is 0 Å². The minimum atomic E-state index is 0.555. The molecule has 0 amide bonds. The summed E-state index contributed by atoms with van der Waals surface area (Å²) in [4.78, 5) is 4.59. The van der Waals surface area contributed by atoms with E-state index in [1.807, 2.05) is 11.8 Å². The molecule has 14 heavy (non-hydrogen) atoms. The molecule has 1 aliphatic heterocycles. The summed E-state index contributed by atoms with van der Waals surface area (Å²) in [6.07, 6.45) is 0. The van der Waals surface area contributed by atoms with Gasteiger partial charge in [0.15, 0.2) is 0 Å². The first-order valence-corrected chi connectivity index (χ1v) is 7.04. The number of thiazole rings is 1. The molecule has 1 aliphatic rings. The van der Waals surface area contributed by atoms with Gasteiger partial charge in [-0.1, -0.05) is 13.8 Å². The standard InChI is InChI=1S/C10H16N2S2/c1-7(2)9-6-14-10(12-9)3-11-8-4-13-5-8/h6-8,11H,3-5H2,1-2H3. The lowest BCUT2D eigenvalue weighted by Gasteiger charge is -2.25. The maximum absolute atomic E-state index is 4.59. The van der Waals surface area contributed by atoms with Crippen LogP contribution in [-0.2, 0) is 6.54 Å². The van der Waals surface area contributed by atoms with E-state index < -0.39 is 0 Å². The smallest absolute Gasteiger partial charge is 0.107 e. The maximum atomic E-state index is 4.59. The zero-order valence-corrected chi connectivity index (χ0v) is 10.3. The molecule has 0 saturated carbocycles. The first-order chi connectivity index (χ1) is 6.75. The summed E-state index contributed by atoms with van der Waals surface area (Å²) < 4.78 is 0. The minimum absolute atomic E-state index is 0.555. The summed E-state index contributed by atoms with van der Waals surface area (Å²) >= 11 is 3.78. The van der Waals surface area contributed by atoms with Gasteiger partial charge in [0.25, 0.3) is 0 Å². The van der Waals surface area contributed by atoms with Crippen LogP contribution in [0.2, 0.25) is 0 Å². The van der Waals surface area contributed by atoms with Crippen molar-refractivity contribution in [2.45, 2.75) is 32.4 Å². The normalized spacial score (nSPS) is 17.4. The Hall–Kier alpha value is -0.0600. The van der Waals surface area contributed by atoms with E-state index in [2.05, 4.69) is 29.5 Å². The van der Waals surface area contributed by atoms with E-state index >= 15 is 0 Å². The highest BCUT2D eigenvalue weighted by Crippen LogP contribution is 2.20. The van der Waals surface area contributed by atoms with Gasteiger partial charge in [0.05, 0.1) is 5.69 Å². The number of thioether (sulfide) groups is 1. The zero-order chi connectivity index (χ0) is 9.97. The molecule has 1 fully saturated rings. The van der Waals surface area contributed by atoms with Gasteiger partial charge < -0.3 is 5.32 Å². The molecule has 2 rings (SSSR count). The lowest BCUT2D eigenvalue weighted by atomic mass is 10.2. The fraction of sp³-hybridized carbons (Fsp3) is 0.700. The van der Waals surface area contributed by atoms with Crippen molar-refractivity contribution in [3.63, 3.8) is 0 Å². The third-order valence-corrected chi connectivity index (χ3v) is 4.48. The Morgan fingerprint density at radius 2 is 2.36 bits per heavy atom. The predicted octanol–water partition coefficient (Wildman–Crippen LogP) is 2.47. The van der Waals surface area contributed by atoms with Crippen LogP contribution in [0.1, 0.15) is 30.5 Å². The molecule has 0 radical (unpaired) electrons. The van der Waals surface area contributed by atoms with E-state index in [4.69, 9.17) is 0 Å². The monoisotopic (exact) mass is 228 g/mol. The fourth-order valence-corrected chi connectivity index (χ4v) is 2.87. The number of nitrogens with zero attached hydrogens (tertiary/aromatic N) is 1. The number of hydrogen-bond acceptors (Lipinski definition) is 4. The quantitative estimate of drug-likeness (QED) is 0.857. The molecule has 2 nitrogen and oxygen atoms in total. The highest BCUT2D eigenvalue weighted by atomic mass is 32.2. The van der Waals surface area contributed by atoms with Crippen LogP contribution in [-0.4, -0.2) is 22.5 Å². The second-order valence-corrected chi connectivity index (χ2v) is 5.95. The van der Waals surface area contributed by atoms with Crippen molar-refractivity contribution in [1.29, 1.82) is 0 Å². The van der Waals surface area contributed by atoms with E-state index in [0.717, 1.165) is 12.6 Å². The van der Waals surface area contributed by atoms with Gasteiger partial charge in [0.1, 0.15) is 5.01 Å². The van der Waals surface area contributed by atoms with Crippen LogP contribution in [0.25, 0.3) is 0 Å². The van der Waals surface area contributed by atoms with Gasteiger partial charge in [-0.15, -0.1) is 11.3 Å². The largest absolute Gasteiger partial charge is 0.306 e. The molecule has 0 spiro atoms. The number of rotatable bonds is 4. The third kappa shape index (κ3) is 2.49. The Balaban J connectivity index is 1.83.